The highest BCUT2D eigenvalue weighted by Gasteiger charge is 2.26. The fourth-order valence-electron chi connectivity index (χ4n) is 3.72. The van der Waals surface area contributed by atoms with Crippen LogP contribution in [0.15, 0.2) is 42.5 Å². The third-order valence-corrected chi connectivity index (χ3v) is 5.86. The van der Waals surface area contributed by atoms with E-state index in [0.29, 0.717) is 6.54 Å². The number of amides is 1. The molecule has 1 amide bonds. The molecule has 1 saturated heterocycles. The summed E-state index contributed by atoms with van der Waals surface area (Å²) in [6.07, 6.45) is 0. The van der Waals surface area contributed by atoms with Crippen LogP contribution in [0, 0.1) is 10.1 Å². The van der Waals surface area contributed by atoms with Gasteiger partial charge in [0.05, 0.1) is 11.0 Å². The van der Waals surface area contributed by atoms with Crippen LogP contribution in [0.3, 0.4) is 0 Å². The number of rotatable bonds is 7. The zero-order chi connectivity index (χ0) is 22.5. The van der Waals surface area contributed by atoms with Crippen molar-refractivity contribution >= 4 is 28.9 Å². The molecule has 1 fully saturated rings. The summed E-state index contributed by atoms with van der Waals surface area (Å²) in [7, 11) is 6.08. The molecule has 2 aromatic rings. The molecular formula is C22H28ClN5O3. The SMILES string of the molecule is CN1CCN([C@H](CNC(=O)c2cc(Cl)ccc2[N+](=O)[O-])c2ccc(N(C)C)cc2)CC1. The smallest absolute Gasteiger partial charge is 0.282 e. The first-order chi connectivity index (χ1) is 14.8. The van der Waals surface area contributed by atoms with E-state index in [-0.39, 0.29) is 22.3 Å². The number of benzene rings is 2. The lowest BCUT2D eigenvalue weighted by molar-refractivity contribution is -0.385. The van der Waals surface area contributed by atoms with E-state index in [1.165, 1.54) is 18.2 Å². The molecule has 0 unspecified atom stereocenters. The Morgan fingerprint density at radius 2 is 1.81 bits per heavy atom. The summed E-state index contributed by atoms with van der Waals surface area (Å²) in [6, 6.07) is 12.2. The summed E-state index contributed by atoms with van der Waals surface area (Å²) in [6.45, 7) is 3.99. The van der Waals surface area contributed by atoms with E-state index in [1.807, 2.05) is 19.0 Å². The average Bonchev–Trinajstić information content (AvgIpc) is 2.75. The Bertz CT molecular complexity index is 927. The first kappa shape index (κ1) is 23.0. The molecule has 0 bridgehead atoms. The van der Waals surface area contributed by atoms with Crippen molar-refractivity contribution in [1.29, 1.82) is 0 Å². The van der Waals surface area contributed by atoms with Gasteiger partial charge in [-0.05, 0) is 36.9 Å². The van der Waals surface area contributed by atoms with Crippen molar-refractivity contribution in [2.75, 3.05) is 58.8 Å². The van der Waals surface area contributed by atoms with Crippen molar-refractivity contribution in [2.45, 2.75) is 6.04 Å². The van der Waals surface area contributed by atoms with Crippen LogP contribution >= 0.6 is 11.6 Å². The highest BCUT2D eigenvalue weighted by atomic mass is 35.5. The molecule has 1 heterocycles. The molecule has 9 heteroatoms. The summed E-state index contributed by atoms with van der Waals surface area (Å²) < 4.78 is 0. The van der Waals surface area contributed by atoms with E-state index in [2.05, 4.69) is 46.4 Å². The van der Waals surface area contributed by atoms with Crippen LogP contribution in [-0.2, 0) is 0 Å². The molecule has 1 N–H and O–H groups in total. The maximum atomic E-state index is 12.8. The Balaban J connectivity index is 1.81. The number of likely N-dealkylation sites (N-methyl/N-ethyl adjacent to an activating group) is 1. The predicted octanol–water partition coefficient (Wildman–Crippen LogP) is 3.03. The minimum Gasteiger partial charge on any atom is -0.378 e. The molecule has 0 saturated carbocycles. The van der Waals surface area contributed by atoms with Gasteiger partial charge in [-0.1, -0.05) is 23.7 Å². The molecule has 166 valence electrons. The minimum absolute atomic E-state index is 0.0300. The molecule has 1 aliphatic heterocycles. The minimum atomic E-state index is -0.566. The highest BCUT2D eigenvalue weighted by Crippen LogP contribution is 2.26. The number of nitro groups is 1. The zero-order valence-electron chi connectivity index (χ0n) is 18.0. The number of carbonyl (C=O) groups excluding carboxylic acids is 1. The monoisotopic (exact) mass is 445 g/mol. The topological polar surface area (TPSA) is 82.0 Å². The third kappa shape index (κ3) is 5.72. The number of anilines is 1. The van der Waals surface area contributed by atoms with Crippen LogP contribution in [0.5, 0.6) is 0 Å². The Hall–Kier alpha value is -2.68. The number of halogens is 1. The Morgan fingerprint density at radius 1 is 1.16 bits per heavy atom. The molecule has 8 nitrogen and oxygen atoms in total. The van der Waals surface area contributed by atoms with Crippen molar-refractivity contribution in [1.82, 2.24) is 15.1 Å². The van der Waals surface area contributed by atoms with Crippen molar-refractivity contribution in [3.63, 3.8) is 0 Å². The van der Waals surface area contributed by atoms with Gasteiger partial charge in [-0.2, -0.15) is 0 Å². The summed E-state index contributed by atoms with van der Waals surface area (Å²) in [5, 5.41) is 14.5. The Kier molecular flexibility index (Phi) is 7.48. The van der Waals surface area contributed by atoms with E-state index in [1.54, 1.807) is 0 Å². The second-order valence-electron chi connectivity index (χ2n) is 7.97. The molecule has 0 radical (unpaired) electrons. The fourth-order valence-corrected chi connectivity index (χ4v) is 3.89. The van der Waals surface area contributed by atoms with E-state index >= 15 is 0 Å². The maximum absolute atomic E-state index is 12.8. The van der Waals surface area contributed by atoms with Gasteiger partial charge in [-0.25, -0.2) is 0 Å². The first-order valence-electron chi connectivity index (χ1n) is 10.2. The number of hydrogen-bond acceptors (Lipinski definition) is 6. The molecule has 1 atom stereocenters. The second-order valence-corrected chi connectivity index (χ2v) is 8.41. The Morgan fingerprint density at radius 3 is 2.39 bits per heavy atom. The van der Waals surface area contributed by atoms with E-state index in [0.717, 1.165) is 37.4 Å². The van der Waals surface area contributed by atoms with Gasteiger partial charge >= 0.3 is 0 Å². The van der Waals surface area contributed by atoms with Crippen LogP contribution in [-0.4, -0.2) is 74.5 Å². The van der Waals surface area contributed by atoms with Gasteiger partial charge in [0.1, 0.15) is 5.56 Å². The van der Waals surface area contributed by atoms with Crippen LogP contribution in [0.25, 0.3) is 0 Å². The van der Waals surface area contributed by atoms with Crippen LogP contribution in [0.2, 0.25) is 5.02 Å². The van der Waals surface area contributed by atoms with Crippen molar-refractivity contribution in [3.05, 3.63) is 68.7 Å². The van der Waals surface area contributed by atoms with Gasteiger partial charge < -0.3 is 15.1 Å². The van der Waals surface area contributed by atoms with Gasteiger partial charge in [-0.15, -0.1) is 0 Å². The summed E-state index contributed by atoms with van der Waals surface area (Å²) in [5.41, 5.74) is 1.90. The normalized spacial score (nSPS) is 16.0. The van der Waals surface area contributed by atoms with Gasteiger partial charge in [0.2, 0.25) is 0 Å². The molecular weight excluding hydrogens is 418 g/mol. The lowest BCUT2D eigenvalue weighted by Gasteiger charge is -2.38. The van der Waals surface area contributed by atoms with Crippen LogP contribution < -0.4 is 10.2 Å². The number of nitrogens with zero attached hydrogens (tertiary/aromatic N) is 4. The standard InChI is InChI=1S/C22H28ClN5O3/c1-25(2)18-7-4-16(5-8-18)21(27-12-10-26(3)11-13-27)15-24-22(29)19-14-17(23)6-9-20(19)28(30)31/h4-9,14,21H,10-13,15H2,1-3H3,(H,24,29)/t21-/m1/s1. The number of piperazine rings is 1. The lowest BCUT2D eigenvalue weighted by atomic mass is 10.0. The van der Waals surface area contributed by atoms with Crippen molar-refractivity contribution in [2.24, 2.45) is 0 Å². The number of hydrogen-bond donors (Lipinski definition) is 1. The summed E-state index contributed by atoms with van der Waals surface area (Å²) in [5.74, 6) is -0.502. The van der Waals surface area contributed by atoms with Gasteiger partial charge in [0.25, 0.3) is 11.6 Å². The molecule has 2 aromatic carbocycles. The van der Waals surface area contributed by atoms with E-state index < -0.39 is 10.8 Å². The zero-order valence-corrected chi connectivity index (χ0v) is 18.8. The fraction of sp³-hybridized carbons (Fsp3) is 0.409. The molecule has 0 aromatic heterocycles. The lowest BCUT2D eigenvalue weighted by Crippen LogP contribution is -2.48. The van der Waals surface area contributed by atoms with E-state index in [4.69, 9.17) is 11.6 Å². The maximum Gasteiger partial charge on any atom is 0.282 e. The number of nitrogens with one attached hydrogen (secondary N) is 1. The van der Waals surface area contributed by atoms with Crippen LogP contribution in [0.1, 0.15) is 22.0 Å². The van der Waals surface area contributed by atoms with Gasteiger partial charge in [0.15, 0.2) is 0 Å². The molecule has 0 spiro atoms. The summed E-state index contributed by atoms with van der Waals surface area (Å²) in [4.78, 5) is 30.2. The Labute approximate surface area is 187 Å². The summed E-state index contributed by atoms with van der Waals surface area (Å²) >= 11 is 5.98. The van der Waals surface area contributed by atoms with Gasteiger partial charge in [-0.3, -0.25) is 19.8 Å². The predicted molar refractivity (Wildman–Crippen MR) is 123 cm³/mol. The largest absolute Gasteiger partial charge is 0.378 e. The van der Waals surface area contributed by atoms with E-state index in [9.17, 15) is 14.9 Å². The average molecular weight is 446 g/mol. The molecule has 0 aliphatic carbocycles. The van der Waals surface area contributed by atoms with Gasteiger partial charge in [0, 0.05) is 63.6 Å². The number of carbonyl (C=O) groups is 1. The highest BCUT2D eigenvalue weighted by molar-refractivity contribution is 6.31. The first-order valence-corrected chi connectivity index (χ1v) is 10.6. The van der Waals surface area contributed by atoms with Crippen molar-refractivity contribution in [3.8, 4) is 0 Å². The molecule has 3 rings (SSSR count). The van der Waals surface area contributed by atoms with Crippen molar-refractivity contribution < 1.29 is 9.72 Å². The molecule has 1 aliphatic rings. The quantitative estimate of drug-likeness (QED) is 0.521. The second kappa shape index (κ2) is 10.1. The molecule has 31 heavy (non-hydrogen) atoms. The number of nitro benzene ring substituents is 1. The van der Waals surface area contributed by atoms with Crippen LogP contribution in [0.4, 0.5) is 11.4 Å². The third-order valence-electron chi connectivity index (χ3n) is 5.63.